The van der Waals surface area contributed by atoms with E-state index in [-0.39, 0.29) is 11.4 Å². The number of carbonyl (C=O) groups is 1. The number of likely N-dealkylation sites (N-methyl/N-ethyl adjacent to an activating group) is 1. The minimum atomic E-state index is -0.192. The molecule has 1 aliphatic rings. The highest BCUT2D eigenvalue weighted by molar-refractivity contribution is 5.92. The van der Waals surface area contributed by atoms with Gasteiger partial charge in [-0.2, -0.15) is 5.10 Å². The lowest BCUT2D eigenvalue weighted by molar-refractivity contribution is 0.0944. The quantitative estimate of drug-likeness (QED) is 0.360. The fraction of sp³-hybridized carbons (Fsp3) is 0.367. The van der Waals surface area contributed by atoms with E-state index in [0.29, 0.717) is 18.1 Å². The summed E-state index contributed by atoms with van der Waals surface area (Å²) < 4.78 is 1.80. The first-order chi connectivity index (χ1) is 19.2. The molecule has 0 bridgehead atoms. The molecule has 10 heteroatoms. The van der Waals surface area contributed by atoms with E-state index < -0.39 is 0 Å². The van der Waals surface area contributed by atoms with E-state index >= 15 is 0 Å². The molecule has 208 valence electrons. The number of benzene rings is 1. The van der Waals surface area contributed by atoms with Crippen LogP contribution in [0.2, 0.25) is 0 Å². The van der Waals surface area contributed by atoms with Gasteiger partial charge in [-0.1, -0.05) is 12.1 Å². The van der Waals surface area contributed by atoms with Gasteiger partial charge in [-0.3, -0.25) is 9.48 Å². The molecule has 5 rings (SSSR count). The van der Waals surface area contributed by atoms with Gasteiger partial charge in [-0.15, -0.1) is 0 Å². The van der Waals surface area contributed by atoms with Crippen molar-refractivity contribution in [3.05, 3.63) is 78.0 Å². The number of nitrogens with one attached hydrogen (secondary N) is 2. The van der Waals surface area contributed by atoms with Crippen molar-refractivity contribution in [2.75, 3.05) is 43.4 Å². The third-order valence-corrected chi connectivity index (χ3v) is 7.13. The van der Waals surface area contributed by atoms with Gasteiger partial charge < -0.3 is 20.4 Å². The lowest BCUT2D eigenvalue weighted by Crippen LogP contribution is -2.44. The Morgan fingerprint density at radius 1 is 0.950 bits per heavy atom. The van der Waals surface area contributed by atoms with Gasteiger partial charge in [0.2, 0.25) is 0 Å². The summed E-state index contributed by atoms with van der Waals surface area (Å²) in [6.07, 6.45) is 5.29. The number of pyridine rings is 1. The highest BCUT2D eigenvalue weighted by atomic mass is 16.1. The Morgan fingerprint density at radius 2 is 1.75 bits per heavy atom. The molecule has 1 aliphatic heterocycles. The Balaban J connectivity index is 1.21. The van der Waals surface area contributed by atoms with E-state index in [9.17, 15) is 4.79 Å². The van der Waals surface area contributed by atoms with Gasteiger partial charge in [0.15, 0.2) is 0 Å². The number of nitrogens with zero attached hydrogens (tertiary/aromatic N) is 7. The van der Waals surface area contributed by atoms with Crippen LogP contribution < -0.4 is 15.5 Å². The van der Waals surface area contributed by atoms with Crippen LogP contribution in [0, 0.1) is 6.92 Å². The summed E-state index contributed by atoms with van der Waals surface area (Å²) in [5.41, 5.74) is 5.24. The third-order valence-electron chi connectivity index (χ3n) is 7.13. The predicted molar refractivity (Wildman–Crippen MR) is 158 cm³/mol. The molecule has 0 saturated carbocycles. The first kappa shape index (κ1) is 27.3. The van der Waals surface area contributed by atoms with Crippen LogP contribution in [-0.2, 0) is 12.1 Å². The number of anilines is 3. The smallest absolute Gasteiger partial charge is 0.272 e. The SMILES string of the molecule is Cc1cc(-c2cc(Nc3ccc(N4CCN(C)CC4)cn3)ncn2)ccc1CNC(=O)c1ccn(C(C)(C)C)n1. The fourth-order valence-electron chi connectivity index (χ4n) is 4.56. The number of hydrogen-bond acceptors (Lipinski definition) is 8. The zero-order chi connectivity index (χ0) is 28.3. The maximum absolute atomic E-state index is 12.6. The van der Waals surface area contributed by atoms with Crippen LogP contribution in [-0.4, -0.2) is 68.8 Å². The molecule has 0 aliphatic carbocycles. The largest absolute Gasteiger partial charge is 0.368 e. The number of hydrogen-bond donors (Lipinski definition) is 2. The molecular formula is C30H37N9O. The number of aryl methyl sites for hydroxylation is 1. The van der Waals surface area contributed by atoms with Gasteiger partial charge in [0.25, 0.3) is 5.91 Å². The Hall–Kier alpha value is -4.31. The predicted octanol–water partition coefficient (Wildman–Crippen LogP) is 4.22. The molecule has 4 aromatic rings. The van der Waals surface area contributed by atoms with Crippen LogP contribution in [0.25, 0.3) is 11.3 Å². The molecule has 1 fully saturated rings. The van der Waals surface area contributed by atoms with Crippen molar-refractivity contribution in [2.24, 2.45) is 0 Å². The van der Waals surface area contributed by atoms with Gasteiger partial charge in [0, 0.05) is 50.6 Å². The van der Waals surface area contributed by atoms with Gasteiger partial charge in [-0.25, -0.2) is 15.0 Å². The highest BCUT2D eigenvalue weighted by Gasteiger charge is 2.17. The average Bonchev–Trinajstić information content (AvgIpc) is 3.45. The first-order valence-electron chi connectivity index (χ1n) is 13.6. The molecule has 4 heterocycles. The van der Waals surface area contributed by atoms with Crippen LogP contribution in [0.15, 0.2) is 61.2 Å². The van der Waals surface area contributed by atoms with Crippen molar-refractivity contribution < 1.29 is 4.79 Å². The second-order valence-electron chi connectivity index (χ2n) is 11.2. The summed E-state index contributed by atoms with van der Waals surface area (Å²) in [5.74, 6) is 1.22. The highest BCUT2D eigenvalue weighted by Crippen LogP contribution is 2.24. The molecule has 3 aromatic heterocycles. The third kappa shape index (κ3) is 6.45. The Labute approximate surface area is 235 Å². The van der Waals surface area contributed by atoms with Crippen molar-refractivity contribution >= 4 is 23.2 Å². The van der Waals surface area contributed by atoms with Crippen LogP contribution in [0.1, 0.15) is 42.4 Å². The molecule has 0 unspecified atom stereocenters. The molecule has 10 nitrogen and oxygen atoms in total. The van der Waals surface area contributed by atoms with Crippen LogP contribution in [0.5, 0.6) is 0 Å². The van der Waals surface area contributed by atoms with Crippen molar-refractivity contribution in [3.63, 3.8) is 0 Å². The molecule has 1 aromatic carbocycles. The van der Waals surface area contributed by atoms with E-state index in [2.05, 4.69) is 59.7 Å². The van der Waals surface area contributed by atoms with E-state index in [0.717, 1.165) is 60.1 Å². The summed E-state index contributed by atoms with van der Waals surface area (Å²) in [6, 6.07) is 13.8. The minimum Gasteiger partial charge on any atom is -0.368 e. The van der Waals surface area contributed by atoms with E-state index in [1.807, 2.05) is 64.4 Å². The van der Waals surface area contributed by atoms with Crippen LogP contribution in [0.4, 0.5) is 17.3 Å². The second kappa shape index (κ2) is 11.4. The van der Waals surface area contributed by atoms with Gasteiger partial charge in [0.1, 0.15) is 23.7 Å². The molecule has 2 N–H and O–H groups in total. The zero-order valence-corrected chi connectivity index (χ0v) is 23.8. The van der Waals surface area contributed by atoms with Crippen LogP contribution >= 0.6 is 0 Å². The molecule has 40 heavy (non-hydrogen) atoms. The number of carbonyl (C=O) groups excluding carboxylic acids is 1. The van der Waals surface area contributed by atoms with E-state index in [1.165, 1.54) is 0 Å². The molecule has 0 atom stereocenters. The Bertz CT molecular complexity index is 1470. The number of rotatable bonds is 7. The number of amides is 1. The maximum Gasteiger partial charge on any atom is 0.272 e. The van der Waals surface area contributed by atoms with Gasteiger partial charge >= 0.3 is 0 Å². The second-order valence-corrected chi connectivity index (χ2v) is 11.2. The van der Waals surface area contributed by atoms with Crippen molar-refractivity contribution in [2.45, 2.75) is 39.8 Å². The summed E-state index contributed by atoms with van der Waals surface area (Å²) in [7, 11) is 2.15. The minimum absolute atomic E-state index is 0.174. The monoisotopic (exact) mass is 539 g/mol. The normalized spacial score (nSPS) is 14.3. The lowest BCUT2D eigenvalue weighted by Gasteiger charge is -2.33. The maximum atomic E-state index is 12.6. The number of piperazine rings is 1. The summed E-state index contributed by atoms with van der Waals surface area (Å²) in [6.45, 7) is 12.7. The van der Waals surface area contributed by atoms with Crippen molar-refractivity contribution in [1.82, 2.24) is 34.9 Å². The van der Waals surface area contributed by atoms with Gasteiger partial charge in [-0.05, 0) is 70.1 Å². The summed E-state index contributed by atoms with van der Waals surface area (Å²) in [5, 5.41) is 10.7. The fourth-order valence-corrected chi connectivity index (χ4v) is 4.56. The Morgan fingerprint density at radius 3 is 2.42 bits per heavy atom. The Kier molecular flexibility index (Phi) is 7.79. The molecule has 1 amide bonds. The van der Waals surface area contributed by atoms with Crippen LogP contribution in [0.3, 0.4) is 0 Å². The standard InChI is InChI=1S/C30H37N9O/c1-21-16-22(6-7-23(21)18-32-29(40)25-10-11-39(36-25)30(2,3)4)26-17-28(34-20-33-26)35-27-9-8-24(19-31-27)38-14-12-37(5)13-15-38/h6-11,16-17,19-20H,12-15,18H2,1-5H3,(H,32,40)(H,31,33,34,35). The van der Waals surface area contributed by atoms with Crippen molar-refractivity contribution in [1.29, 1.82) is 0 Å². The molecule has 1 saturated heterocycles. The summed E-state index contributed by atoms with van der Waals surface area (Å²) >= 11 is 0. The molecular weight excluding hydrogens is 502 g/mol. The van der Waals surface area contributed by atoms with E-state index in [1.54, 1.807) is 17.1 Å². The van der Waals surface area contributed by atoms with Gasteiger partial charge in [0.05, 0.1) is 23.1 Å². The van der Waals surface area contributed by atoms with E-state index in [4.69, 9.17) is 0 Å². The lowest BCUT2D eigenvalue weighted by atomic mass is 10.0. The number of aromatic nitrogens is 5. The molecule has 0 radical (unpaired) electrons. The first-order valence-corrected chi connectivity index (χ1v) is 13.6. The molecule has 0 spiro atoms. The zero-order valence-electron chi connectivity index (χ0n) is 23.8. The van der Waals surface area contributed by atoms with Crippen molar-refractivity contribution in [3.8, 4) is 11.3 Å². The summed E-state index contributed by atoms with van der Waals surface area (Å²) in [4.78, 5) is 30.8. The average molecular weight is 540 g/mol. The topological polar surface area (TPSA) is 104 Å².